The fourth-order valence-electron chi connectivity index (χ4n) is 2.35. The van der Waals surface area contributed by atoms with E-state index in [1.165, 1.54) is 13.1 Å². The Morgan fingerprint density at radius 3 is 2.40 bits per heavy atom. The van der Waals surface area contributed by atoms with Crippen LogP contribution in [-0.2, 0) is 4.79 Å². The van der Waals surface area contributed by atoms with E-state index < -0.39 is 0 Å². The monoisotopic (exact) mass is 332 g/mol. The van der Waals surface area contributed by atoms with Gasteiger partial charge in [0.15, 0.2) is 0 Å². The minimum absolute atomic E-state index is 0.279. The van der Waals surface area contributed by atoms with Gasteiger partial charge in [0.05, 0.1) is 6.21 Å². The highest BCUT2D eigenvalue weighted by Crippen LogP contribution is 2.15. The second kappa shape index (κ2) is 7.40. The fraction of sp³-hybridized carbons (Fsp3) is 0.0500. The van der Waals surface area contributed by atoms with Crippen molar-refractivity contribution in [1.82, 2.24) is 5.43 Å². The Kier molecular flexibility index (Phi) is 4.85. The van der Waals surface area contributed by atoms with Gasteiger partial charge in [0.2, 0.25) is 0 Å². The van der Waals surface area contributed by atoms with Crippen molar-refractivity contribution in [2.24, 2.45) is 5.10 Å². The Balaban J connectivity index is 1.64. The summed E-state index contributed by atoms with van der Waals surface area (Å²) in [7, 11) is 0. The number of rotatable bonds is 4. The van der Waals surface area contributed by atoms with Crippen LogP contribution in [0.3, 0.4) is 0 Å². The van der Waals surface area contributed by atoms with Crippen LogP contribution < -0.4 is 10.2 Å². The van der Waals surface area contributed by atoms with Gasteiger partial charge >= 0.3 is 5.97 Å². The Morgan fingerprint density at radius 1 is 0.960 bits per heavy atom. The molecule has 1 N–H and O–H groups in total. The van der Waals surface area contributed by atoms with E-state index in [2.05, 4.69) is 10.5 Å². The predicted octanol–water partition coefficient (Wildman–Crippen LogP) is 3.53. The fourth-order valence-corrected chi connectivity index (χ4v) is 2.35. The molecule has 0 radical (unpaired) electrons. The molecule has 0 aliphatic carbocycles. The highest BCUT2D eigenvalue weighted by molar-refractivity contribution is 5.98. The average molecular weight is 332 g/mol. The van der Waals surface area contributed by atoms with E-state index in [-0.39, 0.29) is 11.9 Å². The van der Waals surface area contributed by atoms with Crippen LogP contribution in [0.25, 0.3) is 10.8 Å². The Morgan fingerprint density at radius 2 is 1.68 bits per heavy atom. The Hall–Kier alpha value is -3.47. The summed E-state index contributed by atoms with van der Waals surface area (Å²) in [6, 6.07) is 20.1. The first-order valence-electron chi connectivity index (χ1n) is 7.72. The maximum Gasteiger partial charge on any atom is 0.308 e. The van der Waals surface area contributed by atoms with Crippen LogP contribution in [0.4, 0.5) is 0 Å². The molecule has 0 aliphatic heterocycles. The molecule has 124 valence electrons. The number of benzene rings is 3. The first-order chi connectivity index (χ1) is 12.1. The summed E-state index contributed by atoms with van der Waals surface area (Å²) in [5, 5.41) is 6.04. The first kappa shape index (κ1) is 16.4. The van der Waals surface area contributed by atoms with Gasteiger partial charge < -0.3 is 4.74 Å². The van der Waals surface area contributed by atoms with Crippen LogP contribution in [0.15, 0.2) is 71.8 Å². The molecular formula is C20H16N2O3. The lowest BCUT2D eigenvalue weighted by atomic mass is 10.1. The lowest BCUT2D eigenvalue weighted by Crippen LogP contribution is -2.17. The molecule has 3 aromatic carbocycles. The average Bonchev–Trinajstić information content (AvgIpc) is 2.62. The Labute approximate surface area is 144 Å². The molecule has 0 unspecified atom stereocenters. The number of hydrazone groups is 1. The molecule has 0 heterocycles. The quantitative estimate of drug-likeness (QED) is 0.344. The molecule has 3 rings (SSSR count). The van der Waals surface area contributed by atoms with Gasteiger partial charge in [-0.25, -0.2) is 5.43 Å². The first-order valence-corrected chi connectivity index (χ1v) is 7.72. The summed E-state index contributed by atoms with van der Waals surface area (Å²) in [6.07, 6.45) is 1.52. The van der Waals surface area contributed by atoms with Gasteiger partial charge in [-0.05, 0) is 52.7 Å². The molecule has 0 fully saturated rings. The zero-order valence-electron chi connectivity index (χ0n) is 13.6. The number of carbonyl (C=O) groups excluding carboxylic acids is 2. The third-order valence-electron chi connectivity index (χ3n) is 3.53. The number of amides is 1. The molecule has 0 atom stereocenters. The summed E-state index contributed by atoms with van der Waals surface area (Å²) >= 11 is 0. The van der Waals surface area contributed by atoms with E-state index in [0.717, 1.165) is 16.3 Å². The SMILES string of the molecule is CC(=O)Oc1ccc(/C=N\NC(=O)c2ccc3ccccc3c2)cc1. The minimum atomic E-state index is -0.371. The highest BCUT2D eigenvalue weighted by atomic mass is 16.5. The van der Waals surface area contributed by atoms with Gasteiger partial charge in [-0.3, -0.25) is 9.59 Å². The molecule has 0 spiro atoms. The van der Waals surface area contributed by atoms with Gasteiger partial charge in [-0.1, -0.05) is 30.3 Å². The van der Waals surface area contributed by atoms with Crippen molar-refractivity contribution < 1.29 is 14.3 Å². The number of fused-ring (bicyclic) bond motifs is 1. The summed E-state index contributed by atoms with van der Waals surface area (Å²) in [5.74, 6) is -0.188. The van der Waals surface area contributed by atoms with Crippen molar-refractivity contribution in [2.75, 3.05) is 0 Å². The van der Waals surface area contributed by atoms with Crippen molar-refractivity contribution in [1.29, 1.82) is 0 Å². The molecule has 0 saturated heterocycles. The molecule has 1 amide bonds. The second-order valence-electron chi connectivity index (χ2n) is 5.42. The molecular weight excluding hydrogens is 316 g/mol. The molecule has 0 aliphatic rings. The van der Waals surface area contributed by atoms with Crippen molar-refractivity contribution >= 4 is 28.9 Å². The van der Waals surface area contributed by atoms with E-state index in [9.17, 15) is 9.59 Å². The van der Waals surface area contributed by atoms with Crippen LogP contribution in [0.2, 0.25) is 0 Å². The number of hydrogen-bond donors (Lipinski definition) is 1. The lowest BCUT2D eigenvalue weighted by Gasteiger charge is -2.03. The van der Waals surface area contributed by atoms with Crippen LogP contribution in [-0.4, -0.2) is 18.1 Å². The molecule has 5 heteroatoms. The molecule has 0 aromatic heterocycles. The highest BCUT2D eigenvalue weighted by Gasteiger charge is 2.05. The number of esters is 1. The molecule has 5 nitrogen and oxygen atoms in total. The van der Waals surface area contributed by atoms with Gasteiger partial charge in [0.25, 0.3) is 5.91 Å². The standard InChI is InChI=1S/C20H16N2O3/c1-14(23)25-19-10-6-15(7-11-19)13-21-22-20(24)18-9-8-16-4-2-3-5-17(16)12-18/h2-13H,1H3,(H,22,24)/b21-13-. The summed E-state index contributed by atoms with van der Waals surface area (Å²) in [4.78, 5) is 23.0. The van der Waals surface area contributed by atoms with E-state index >= 15 is 0 Å². The smallest absolute Gasteiger partial charge is 0.308 e. The third kappa shape index (κ3) is 4.29. The molecule has 0 bridgehead atoms. The van der Waals surface area contributed by atoms with Crippen LogP contribution in [0, 0.1) is 0 Å². The largest absolute Gasteiger partial charge is 0.427 e. The van der Waals surface area contributed by atoms with E-state index in [1.54, 1.807) is 30.3 Å². The maximum atomic E-state index is 12.2. The van der Waals surface area contributed by atoms with Crippen molar-refractivity contribution in [3.63, 3.8) is 0 Å². The summed E-state index contributed by atoms with van der Waals surface area (Å²) < 4.78 is 4.95. The second-order valence-corrected chi connectivity index (χ2v) is 5.42. The minimum Gasteiger partial charge on any atom is -0.427 e. The normalized spacial score (nSPS) is 10.8. The molecule has 25 heavy (non-hydrogen) atoms. The predicted molar refractivity (Wildman–Crippen MR) is 96.8 cm³/mol. The van der Waals surface area contributed by atoms with Crippen molar-refractivity contribution in [3.05, 3.63) is 77.9 Å². The van der Waals surface area contributed by atoms with E-state index in [4.69, 9.17) is 4.74 Å². The van der Waals surface area contributed by atoms with E-state index in [0.29, 0.717) is 11.3 Å². The molecule has 0 saturated carbocycles. The number of nitrogens with zero attached hydrogens (tertiary/aromatic N) is 1. The van der Waals surface area contributed by atoms with Gasteiger partial charge in [-0.15, -0.1) is 0 Å². The van der Waals surface area contributed by atoms with Crippen molar-refractivity contribution in [2.45, 2.75) is 6.92 Å². The number of hydrogen-bond acceptors (Lipinski definition) is 4. The maximum absolute atomic E-state index is 12.2. The molecule has 3 aromatic rings. The number of ether oxygens (including phenoxy) is 1. The van der Waals surface area contributed by atoms with Crippen LogP contribution in [0.1, 0.15) is 22.8 Å². The van der Waals surface area contributed by atoms with Crippen molar-refractivity contribution in [3.8, 4) is 5.75 Å². The lowest BCUT2D eigenvalue weighted by molar-refractivity contribution is -0.131. The van der Waals surface area contributed by atoms with E-state index in [1.807, 2.05) is 36.4 Å². The van der Waals surface area contributed by atoms with Gasteiger partial charge in [0, 0.05) is 12.5 Å². The summed E-state index contributed by atoms with van der Waals surface area (Å²) in [6.45, 7) is 1.34. The van der Waals surface area contributed by atoms with Gasteiger partial charge in [0.1, 0.15) is 5.75 Å². The van der Waals surface area contributed by atoms with Crippen LogP contribution in [0.5, 0.6) is 5.75 Å². The van der Waals surface area contributed by atoms with Crippen LogP contribution >= 0.6 is 0 Å². The zero-order valence-corrected chi connectivity index (χ0v) is 13.6. The topological polar surface area (TPSA) is 67.8 Å². The Bertz CT molecular complexity index is 947. The summed E-state index contributed by atoms with van der Waals surface area (Å²) in [5.41, 5.74) is 3.82. The third-order valence-corrected chi connectivity index (χ3v) is 3.53. The zero-order chi connectivity index (χ0) is 17.6. The number of carbonyl (C=O) groups is 2. The number of nitrogens with one attached hydrogen (secondary N) is 1. The van der Waals surface area contributed by atoms with Gasteiger partial charge in [-0.2, -0.15) is 5.10 Å².